The highest BCUT2D eigenvalue weighted by Crippen LogP contribution is 2.36. The van der Waals surface area contributed by atoms with E-state index < -0.39 is 0 Å². The molecule has 3 aromatic rings. The van der Waals surface area contributed by atoms with Gasteiger partial charge in [-0.25, -0.2) is 0 Å². The third-order valence-electron chi connectivity index (χ3n) is 4.53. The van der Waals surface area contributed by atoms with E-state index in [-0.39, 0.29) is 0 Å². The van der Waals surface area contributed by atoms with Crippen LogP contribution < -0.4 is 10.1 Å². The molecule has 1 N–H and O–H groups in total. The molecule has 0 saturated carbocycles. The van der Waals surface area contributed by atoms with Gasteiger partial charge in [0, 0.05) is 27.8 Å². The number of aryl methyl sites for hydroxylation is 1. The first-order chi connectivity index (χ1) is 13.3. The summed E-state index contributed by atoms with van der Waals surface area (Å²) in [5.41, 5.74) is 5.70. The number of halogens is 4. The number of rotatable bonds is 6. The highest BCUT2D eigenvalue weighted by Gasteiger charge is 2.11. The van der Waals surface area contributed by atoms with Crippen molar-refractivity contribution in [2.45, 2.75) is 27.0 Å². The summed E-state index contributed by atoms with van der Waals surface area (Å²) >= 11 is 19.4. The Bertz CT molecular complexity index is 985. The van der Waals surface area contributed by atoms with Gasteiger partial charge in [-0.05, 0) is 92.7 Å². The van der Waals surface area contributed by atoms with Crippen LogP contribution in [0.2, 0.25) is 10.0 Å². The van der Waals surface area contributed by atoms with Crippen molar-refractivity contribution < 1.29 is 4.74 Å². The fourth-order valence-corrected chi connectivity index (χ4v) is 4.75. The van der Waals surface area contributed by atoms with Crippen molar-refractivity contribution in [1.82, 2.24) is 0 Å². The van der Waals surface area contributed by atoms with E-state index in [0.717, 1.165) is 31.5 Å². The molecule has 0 unspecified atom stereocenters. The van der Waals surface area contributed by atoms with E-state index in [1.807, 2.05) is 6.07 Å². The molecule has 0 spiro atoms. The van der Waals surface area contributed by atoms with Crippen LogP contribution in [0.4, 0.5) is 5.69 Å². The Balaban J connectivity index is 1.71. The maximum absolute atomic E-state index is 6.23. The molecule has 28 heavy (non-hydrogen) atoms. The standard InChI is InChI=1S/C22H19Br2Cl2NO/c1-13-4-3-5-21(14(13)2)27-11-15-8-18(23)22(19(24)9-15)28-12-16-6-7-17(25)10-20(16)26/h3-10,27H,11-12H2,1-2H3. The lowest BCUT2D eigenvalue weighted by atomic mass is 10.1. The number of hydrogen-bond donors (Lipinski definition) is 1. The van der Waals surface area contributed by atoms with Crippen LogP contribution in [0.25, 0.3) is 0 Å². The third-order valence-corrected chi connectivity index (χ3v) is 6.30. The van der Waals surface area contributed by atoms with Gasteiger partial charge in [-0.3, -0.25) is 0 Å². The van der Waals surface area contributed by atoms with Crippen LogP contribution in [-0.2, 0) is 13.2 Å². The lowest BCUT2D eigenvalue weighted by molar-refractivity contribution is 0.302. The first-order valence-corrected chi connectivity index (χ1v) is 11.0. The molecule has 0 amide bonds. The van der Waals surface area contributed by atoms with Crippen LogP contribution in [0.3, 0.4) is 0 Å². The molecule has 146 valence electrons. The molecule has 0 aliphatic heterocycles. The number of ether oxygens (including phenoxy) is 1. The summed E-state index contributed by atoms with van der Waals surface area (Å²) in [5, 5.41) is 4.70. The summed E-state index contributed by atoms with van der Waals surface area (Å²) in [7, 11) is 0. The summed E-state index contributed by atoms with van der Waals surface area (Å²) in [6.07, 6.45) is 0. The van der Waals surface area contributed by atoms with E-state index in [1.54, 1.807) is 12.1 Å². The van der Waals surface area contributed by atoms with Gasteiger partial charge >= 0.3 is 0 Å². The van der Waals surface area contributed by atoms with Gasteiger partial charge in [-0.15, -0.1) is 0 Å². The van der Waals surface area contributed by atoms with Gasteiger partial charge in [-0.2, -0.15) is 0 Å². The molecule has 6 heteroatoms. The molecule has 3 rings (SSSR count). The van der Waals surface area contributed by atoms with Crippen LogP contribution in [-0.4, -0.2) is 0 Å². The Morgan fingerprint density at radius 3 is 2.36 bits per heavy atom. The average molecular weight is 544 g/mol. The smallest absolute Gasteiger partial charge is 0.148 e. The maximum Gasteiger partial charge on any atom is 0.148 e. The second-order valence-corrected chi connectivity index (χ2v) is 9.07. The zero-order valence-corrected chi connectivity index (χ0v) is 20.1. The van der Waals surface area contributed by atoms with Crippen molar-refractivity contribution in [2.75, 3.05) is 5.32 Å². The Labute approximate surface area is 192 Å². The Hall–Kier alpha value is -1.20. The van der Waals surface area contributed by atoms with Gasteiger partial charge in [0.1, 0.15) is 12.4 Å². The van der Waals surface area contributed by atoms with Crippen LogP contribution in [0.5, 0.6) is 5.75 Å². The molecule has 0 bridgehead atoms. The minimum absolute atomic E-state index is 0.354. The van der Waals surface area contributed by atoms with Crippen molar-refractivity contribution in [3.05, 3.63) is 89.8 Å². The zero-order valence-electron chi connectivity index (χ0n) is 15.5. The second-order valence-electron chi connectivity index (χ2n) is 6.51. The van der Waals surface area contributed by atoms with Crippen molar-refractivity contribution in [3.63, 3.8) is 0 Å². The van der Waals surface area contributed by atoms with Crippen LogP contribution >= 0.6 is 55.1 Å². The quantitative estimate of drug-likeness (QED) is 0.337. The molecule has 0 radical (unpaired) electrons. The topological polar surface area (TPSA) is 21.3 Å². The highest BCUT2D eigenvalue weighted by molar-refractivity contribution is 9.11. The minimum Gasteiger partial charge on any atom is -0.486 e. The van der Waals surface area contributed by atoms with E-state index in [1.165, 1.54) is 11.1 Å². The molecule has 0 fully saturated rings. The highest BCUT2D eigenvalue weighted by atomic mass is 79.9. The molecule has 2 nitrogen and oxygen atoms in total. The van der Waals surface area contributed by atoms with Gasteiger partial charge in [0.15, 0.2) is 0 Å². The first kappa shape index (κ1) is 21.5. The maximum atomic E-state index is 6.23. The number of nitrogens with one attached hydrogen (secondary N) is 1. The second kappa shape index (κ2) is 9.53. The molecule has 0 aliphatic carbocycles. The first-order valence-electron chi connectivity index (χ1n) is 8.70. The van der Waals surface area contributed by atoms with Crippen molar-refractivity contribution in [3.8, 4) is 5.75 Å². The summed E-state index contributed by atoms with van der Waals surface area (Å²) in [6, 6.07) is 15.8. The van der Waals surface area contributed by atoms with Gasteiger partial charge in [-0.1, -0.05) is 41.4 Å². The molecular weight excluding hydrogens is 525 g/mol. The summed E-state index contributed by atoms with van der Waals surface area (Å²) < 4.78 is 7.74. The van der Waals surface area contributed by atoms with Gasteiger partial charge < -0.3 is 10.1 Å². The molecule has 0 saturated heterocycles. The fraction of sp³-hybridized carbons (Fsp3) is 0.182. The lowest BCUT2D eigenvalue weighted by Crippen LogP contribution is -2.03. The molecule has 0 heterocycles. The van der Waals surface area contributed by atoms with Crippen molar-refractivity contribution in [2.24, 2.45) is 0 Å². The van der Waals surface area contributed by atoms with Gasteiger partial charge in [0.05, 0.1) is 8.95 Å². The van der Waals surface area contributed by atoms with Crippen LogP contribution in [0.15, 0.2) is 57.5 Å². The van der Waals surface area contributed by atoms with E-state index in [2.05, 4.69) is 81.4 Å². The number of hydrogen-bond acceptors (Lipinski definition) is 2. The van der Waals surface area contributed by atoms with E-state index in [9.17, 15) is 0 Å². The monoisotopic (exact) mass is 541 g/mol. The molecule has 0 aromatic heterocycles. The van der Waals surface area contributed by atoms with Crippen LogP contribution in [0, 0.1) is 13.8 Å². The van der Waals surface area contributed by atoms with Crippen LogP contribution in [0.1, 0.15) is 22.3 Å². The zero-order chi connectivity index (χ0) is 20.3. The van der Waals surface area contributed by atoms with E-state index >= 15 is 0 Å². The summed E-state index contributed by atoms with van der Waals surface area (Å²) in [6.45, 7) is 5.31. The minimum atomic E-state index is 0.354. The van der Waals surface area contributed by atoms with E-state index in [4.69, 9.17) is 27.9 Å². The Kier molecular flexibility index (Phi) is 7.32. The predicted molar refractivity (Wildman–Crippen MR) is 126 cm³/mol. The number of anilines is 1. The molecular formula is C22H19Br2Cl2NO. The molecule has 0 atom stereocenters. The largest absolute Gasteiger partial charge is 0.486 e. The fourth-order valence-electron chi connectivity index (χ4n) is 2.78. The molecule has 0 aliphatic rings. The lowest BCUT2D eigenvalue weighted by Gasteiger charge is -2.15. The van der Waals surface area contributed by atoms with Crippen molar-refractivity contribution in [1.29, 1.82) is 0 Å². The number of benzene rings is 3. The Morgan fingerprint density at radius 2 is 1.68 bits per heavy atom. The Morgan fingerprint density at radius 1 is 0.964 bits per heavy atom. The molecule has 3 aromatic carbocycles. The summed E-state index contributed by atoms with van der Waals surface area (Å²) in [4.78, 5) is 0. The third kappa shape index (κ3) is 5.24. The average Bonchev–Trinajstić information content (AvgIpc) is 2.64. The normalized spacial score (nSPS) is 10.8. The SMILES string of the molecule is Cc1cccc(NCc2cc(Br)c(OCc3ccc(Cl)cc3Cl)c(Br)c2)c1C. The predicted octanol–water partition coefficient (Wildman–Crippen LogP) is 8.33. The summed E-state index contributed by atoms with van der Waals surface area (Å²) in [5.74, 6) is 0.738. The van der Waals surface area contributed by atoms with E-state index in [0.29, 0.717) is 23.2 Å². The van der Waals surface area contributed by atoms with Gasteiger partial charge in [0.25, 0.3) is 0 Å². The van der Waals surface area contributed by atoms with Crippen molar-refractivity contribution >= 4 is 60.7 Å². The van der Waals surface area contributed by atoms with Gasteiger partial charge in [0.2, 0.25) is 0 Å².